The zero-order valence-electron chi connectivity index (χ0n) is 6.73. The second kappa shape index (κ2) is 8.01. The van der Waals surface area contributed by atoms with Gasteiger partial charge in [-0.15, -0.1) is 0 Å². The second-order valence-corrected chi connectivity index (χ2v) is 2.80. The van der Waals surface area contributed by atoms with Gasteiger partial charge in [0.05, 0.1) is 13.2 Å². The molecule has 0 bridgehead atoms. The molecule has 0 aromatic heterocycles. The van der Waals surface area contributed by atoms with Crippen LogP contribution in [0, 0.1) is 0 Å². The molecular weight excluding hydrogens is 210 g/mol. The minimum absolute atomic E-state index is 0.0763. The standard InChI is InChI=1S/C7H14BrNO2/c1-2-7(10)9-4-6-11-5-3-8/h2-6H2,1H3,(H,9,10). The number of ether oxygens (including phenoxy) is 1. The highest BCUT2D eigenvalue weighted by molar-refractivity contribution is 9.09. The Morgan fingerprint density at radius 1 is 1.55 bits per heavy atom. The average molecular weight is 224 g/mol. The van der Waals surface area contributed by atoms with Crippen LogP contribution in [0.5, 0.6) is 0 Å². The van der Waals surface area contributed by atoms with Crippen molar-refractivity contribution in [2.75, 3.05) is 25.1 Å². The number of carbonyl (C=O) groups excluding carboxylic acids is 1. The van der Waals surface area contributed by atoms with E-state index in [1.165, 1.54) is 0 Å². The van der Waals surface area contributed by atoms with Crippen molar-refractivity contribution in [2.24, 2.45) is 0 Å². The van der Waals surface area contributed by atoms with Crippen LogP contribution in [-0.4, -0.2) is 31.0 Å². The van der Waals surface area contributed by atoms with E-state index >= 15 is 0 Å². The van der Waals surface area contributed by atoms with Gasteiger partial charge in [-0.1, -0.05) is 22.9 Å². The second-order valence-electron chi connectivity index (χ2n) is 2.00. The molecule has 0 saturated carbocycles. The highest BCUT2D eigenvalue weighted by Crippen LogP contribution is 1.81. The van der Waals surface area contributed by atoms with Crippen LogP contribution in [0.3, 0.4) is 0 Å². The largest absolute Gasteiger partial charge is 0.379 e. The number of halogens is 1. The van der Waals surface area contributed by atoms with E-state index in [0.717, 1.165) is 5.33 Å². The van der Waals surface area contributed by atoms with Crippen LogP contribution >= 0.6 is 15.9 Å². The molecule has 0 heterocycles. The lowest BCUT2D eigenvalue weighted by Gasteiger charge is -2.02. The number of amides is 1. The first kappa shape index (κ1) is 10.9. The molecule has 0 unspecified atom stereocenters. The number of nitrogens with one attached hydrogen (secondary N) is 1. The molecule has 11 heavy (non-hydrogen) atoms. The predicted molar refractivity (Wildman–Crippen MR) is 47.9 cm³/mol. The van der Waals surface area contributed by atoms with Gasteiger partial charge in [0.25, 0.3) is 0 Å². The lowest BCUT2D eigenvalue weighted by Crippen LogP contribution is -2.26. The van der Waals surface area contributed by atoms with Crippen LogP contribution in [0.2, 0.25) is 0 Å². The average Bonchev–Trinajstić information content (AvgIpc) is 2.04. The van der Waals surface area contributed by atoms with E-state index in [2.05, 4.69) is 21.2 Å². The van der Waals surface area contributed by atoms with Crippen molar-refractivity contribution in [3.8, 4) is 0 Å². The Balaban J connectivity index is 2.95. The quantitative estimate of drug-likeness (QED) is 0.538. The minimum Gasteiger partial charge on any atom is -0.379 e. The SMILES string of the molecule is CCC(=O)NCCOCCBr. The number of alkyl halides is 1. The molecule has 1 amide bonds. The van der Waals surface area contributed by atoms with E-state index in [0.29, 0.717) is 26.2 Å². The summed E-state index contributed by atoms with van der Waals surface area (Å²) in [6.07, 6.45) is 0.540. The van der Waals surface area contributed by atoms with E-state index < -0.39 is 0 Å². The van der Waals surface area contributed by atoms with Crippen LogP contribution < -0.4 is 5.32 Å². The van der Waals surface area contributed by atoms with Gasteiger partial charge < -0.3 is 10.1 Å². The van der Waals surface area contributed by atoms with Crippen LogP contribution in [0.25, 0.3) is 0 Å². The zero-order chi connectivity index (χ0) is 8.53. The van der Waals surface area contributed by atoms with Crippen molar-refractivity contribution in [1.29, 1.82) is 0 Å². The molecule has 66 valence electrons. The van der Waals surface area contributed by atoms with Crippen LogP contribution in [0.15, 0.2) is 0 Å². The van der Waals surface area contributed by atoms with Gasteiger partial charge in [-0.2, -0.15) is 0 Å². The van der Waals surface area contributed by atoms with Gasteiger partial charge in [-0.25, -0.2) is 0 Å². The highest BCUT2D eigenvalue weighted by Gasteiger charge is 1.93. The molecule has 0 rings (SSSR count). The Bertz CT molecular complexity index is 109. The van der Waals surface area contributed by atoms with Crippen LogP contribution in [0.1, 0.15) is 13.3 Å². The fourth-order valence-electron chi connectivity index (χ4n) is 0.544. The Morgan fingerprint density at radius 2 is 2.27 bits per heavy atom. The summed E-state index contributed by atoms with van der Waals surface area (Å²) in [6, 6.07) is 0. The lowest BCUT2D eigenvalue weighted by molar-refractivity contribution is -0.121. The highest BCUT2D eigenvalue weighted by atomic mass is 79.9. The van der Waals surface area contributed by atoms with Crippen molar-refractivity contribution >= 4 is 21.8 Å². The van der Waals surface area contributed by atoms with Crippen molar-refractivity contribution in [2.45, 2.75) is 13.3 Å². The molecular formula is C7H14BrNO2. The molecule has 0 fully saturated rings. The molecule has 0 radical (unpaired) electrons. The van der Waals surface area contributed by atoms with Crippen molar-refractivity contribution in [3.63, 3.8) is 0 Å². The summed E-state index contributed by atoms with van der Waals surface area (Å²) in [5.74, 6) is 0.0763. The Labute approximate surface area is 75.6 Å². The Hall–Kier alpha value is -0.0900. The summed E-state index contributed by atoms with van der Waals surface area (Å²) in [7, 11) is 0. The van der Waals surface area contributed by atoms with Crippen LogP contribution in [0.4, 0.5) is 0 Å². The maximum Gasteiger partial charge on any atom is 0.219 e. The third-order valence-electron chi connectivity index (χ3n) is 1.11. The van der Waals surface area contributed by atoms with E-state index in [9.17, 15) is 4.79 Å². The fraction of sp³-hybridized carbons (Fsp3) is 0.857. The van der Waals surface area contributed by atoms with Gasteiger partial charge in [0.1, 0.15) is 0 Å². The molecule has 0 aliphatic carbocycles. The topological polar surface area (TPSA) is 38.3 Å². The molecule has 0 aromatic rings. The summed E-state index contributed by atoms with van der Waals surface area (Å²) < 4.78 is 5.12. The smallest absolute Gasteiger partial charge is 0.219 e. The molecule has 0 aliphatic heterocycles. The summed E-state index contributed by atoms with van der Waals surface area (Å²) in [5, 5.41) is 3.55. The Morgan fingerprint density at radius 3 is 2.82 bits per heavy atom. The van der Waals surface area contributed by atoms with Gasteiger partial charge in [-0.05, 0) is 0 Å². The molecule has 0 aromatic carbocycles. The third kappa shape index (κ3) is 7.81. The molecule has 3 nitrogen and oxygen atoms in total. The fourth-order valence-corrected chi connectivity index (χ4v) is 0.773. The first-order chi connectivity index (χ1) is 5.31. The third-order valence-corrected chi connectivity index (χ3v) is 1.43. The normalized spacial score (nSPS) is 9.64. The monoisotopic (exact) mass is 223 g/mol. The van der Waals surface area contributed by atoms with Gasteiger partial charge >= 0.3 is 0 Å². The molecule has 0 atom stereocenters. The Kier molecular flexibility index (Phi) is 7.95. The van der Waals surface area contributed by atoms with Crippen LogP contribution in [-0.2, 0) is 9.53 Å². The summed E-state index contributed by atoms with van der Waals surface area (Å²) in [5.41, 5.74) is 0. The van der Waals surface area contributed by atoms with Gasteiger partial charge in [-0.3, -0.25) is 4.79 Å². The van der Waals surface area contributed by atoms with Gasteiger partial charge in [0.2, 0.25) is 5.91 Å². The lowest BCUT2D eigenvalue weighted by atomic mass is 10.4. The first-order valence-corrected chi connectivity index (χ1v) is 4.83. The van der Waals surface area contributed by atoms with Gasteiger partial charge in [0.15, 0.2) is 0 Å². The number of rotatable bonds is 6. The van der Waals surface area contributed by atoms with Crippen molar-refractivity contribution in [3.05, 3.63) is 0 Å². The molecule has 0 aliphatic rings. The van der Waals surface area contributed by atoms with E-state index in [4.69, 9.17) is 4.74 Å². The number of hydrogen-bond acceptors (Lipinski definition) is 2. The minimum atomic E-state index is 0.0763. The predicted octanol–water partition coefficient (Wildman–Crippen LogP) is 0.924. The molecule has 4 heteroatoms. The van der Waals surface area contributed by atoms with Gasteiger partial charge in [0, 0.05) is 18.3 Å². The zero-order valence-corrected chi connectivity index (χ0v) is 8.32. The molecule has 0 saturated heterocycles. The summed E-state index contributed by atoms with van der Waals surface area (Å²) in [6.45, 7) is 3.73. The summed E-state index contributed by atoms with van der Waals surface area (Å²) >= 11 is 3.23. The maximum absolute atomic E-state index is 10.7. The van der Waals surface area contributed by atoms with E-state index in [1.807, 2.05) is 6.92 Å². The van der Waals surface area contributed by atoms with E-state index in [-0.39, 0.29) is 5.91 Å². The molecule has 0 spiro atoms. The van der Waals surface area contributed by atoms with E-state index in [1.54, 1.807) is 0 Å². The molecule has 1 N–H and O–H groups in total. The number of carbonyl (C=O) groups is 1. The first-order valence-electron chi connectivity index (χ1n) is 3.71. The van der Waals surface area contributed by atoms with Crippen molar-refractivity contribution < 1.29 is 9.53 Å². The summed E-state index contributed by atoms with van der Waals surface area (Å²) in [4.78, 5) is 10.7. The number of hydrogen-bond donors (Lipinski definition) is 1. The van der Waals surface area contributed by atoms with Crippen molar-refractivity contribution in [1.82, 2.24) is 5.32 Å². The maximum atomic E-state index is 10.7.